The maximum absolute atomic E-state index is 10.8. The van der Waals surface area contributed by atoms with E-state index in [1.165, 1.54) is 6.42 Å². The molecule has 1 aromatic rings. The van der Waals surface area contributed by atoms with E-state index in [1.54, 1.807) is 12.1 Å². The lowest BCUT2D eigenvalue weighted by Crippen LogP contribution is -2.18. The molecule has 4 heteroatoms. The lowest BCUT2D eigenvalue weighted by Gasteiger charge is -2.09. The lowest BCUT2D eigenvalue weighted by molar-refractivity contribution is -0.385. The molecule has 1 fully saturated rings. The minimum Gasteiger partial charge on any atom is -0.312 e. The number of hydrogen-bond donors (Lipinski definition) is 1. The molecule has 0 heterocycles. The van der Waals surface area contributed by atoms with Crippen molar-refractivity contribution in [1.29, 1.82) is 0 Å². The van der Waals surface area contributed by atoms with Crippen molar-refractivity contribution >= 4 is 5.69 Å². The van der Waals surface area contributed by atoms with Crippen LogP contribution < -0.4 is 5.32 Å². The number of nitrogens with one attached hydrogen (secondary N) is 1. The van der Waals surface area contributed by atoms with E-state index in [-0.39, 0.29) is 10.6 Å². The van der Waals surface area contributed by atoms with Crippen LogP contribution in [0, 0.1) is 28.4 Å². The topological polar surface area (TPSA) is 55.2 Å². The molecule has 0 bridgehead atoms. The summed E-state index contributed by atoms with van der Waals surface area (Å²) in [6.07, 6.45) is 1.27. The van der Waals surface area contributed by atoms with Crippen LogP contribution in [0.1, 0.15) is 31.4 Å². The summed E-state index contributed by atoms with van der Waals surface area (Å²) in [7, 11) is 0. The number of nitro groups is 1. The number of nitro benzene ring substituents is 1. The van der Waals surface area contributed by atoms with Crippen molar-refractivity contribution in [2.24, 2.45) is 11.3 Å². The molecule has 1 aliphatic rings. The average Bonchev–Trinajstić information content (AvgIpc) is 2.88. The van der Waals surface area contributed by atoms with Crippen LogP contribution in [0.15, 0.2) is 18.2 Å². The van der Waals surface area contributed by atoms with E-state index in [0.29, 0.717) is 12.0 Å². The summed E-state index contributed by atoms with van der Waals surface area (Å²) in [6.45, 7) is 8.07. The molecular formula is C14H20N2O2. The first-order chi connectivity index (χ1) is 8.42. The highest BCUT2D eigenvalue weighted by molar-refractivity contribution is 5.44. The summed E-state index contributed by atoms with van der Waals surface area (Å²) in [5.41, 5.74) is 2.47. The maximum Gasteiger partial charge on any atom is 0.272 e. The molecule has 0 spiro atoms. The van der Waals surface area contributed by atoms with Gasteiger partial charge in [-0.2, -0.15) is 0 Å². The Labute approximate surface area is 108 Å². The predicted octanol–water partition coefficient (Wildman–Crippen LogP) is 3.04. The molecule has 1 unspecified atom stereocenters. The second-order valence-electron chi connectivity index (χ2n) is 5.84. The Morgan fingerprint density at radius 1 is 1.50 bits per heavy atom. The molecule has 1 atom stereocenters. The van der Waals surface area contributed by atoms with Crippen molar-refractivity contribution in [3.8, 4) is 0 Å². The van der Waals surface area contributed by atoms with E-state index < -0.39 is 0 Å². The number of hydrogen-bond acceptors (Lipinski definition) is 3. The van der Waals surface area contributed by atoms with Gasteiger partial charge in [0.1, 0.15) is 0 Å². The van der Waals surface area contributed by atoms with E-state index in [2.05, 4.69) is 19.2 Å². The summed E-state index contributed by atoms with van der Waals surface area (Å²) in [4.78, 5) is 10.5. The fraction of sp³-hybridized carbons (Fsp3) is 0.571. The highest BCUT2D eigenvalue weighted by Gasteiger charge is 2.44. The zero-order chi connectivity index (χ0) is 13.3. The van der Waals surface area contributed by atoms with Gasteiger partial charge in [0.15, 0.2) is 0 Å². The molecule has 1 saturated carbocycles. The van der Waals surface area contributed by atoms with Gasteiger partial charge in [-0.15, -0.1) is 0 Å². The van der Waals surface area contributed by atoms with Gasteiger partial charge in [0.05, 0.1) is 4.92 Å². The summed E-state index contributed by atoms with van der Waals surface area (Å²) in [5, 5.41) is 14.2. The molecule has 4 nitrogen and oxygen atoms in total. The van der Waals surface area contributed by atoms with Crippen LogP contribution in [0.25, 0.3) is 0 Å². The molecule has 0 amide bonds. The monoisotopic (exact) mass is 248 g/mol. The number of nitrogens with zero attached hydrogens (tertiary/aromatic N) is 1. The molecule has 18 heavy (non-hydrogen) atoms. The van der Waals surface area contributed by atoms with Gasteiger partial charge in [-0.3, -0.25) is 10.1 Å². The Morgan fingerprint density at radius 3 is 2.72 bits per heavy atom. The second-order valence-corrected chi connectivity index (χ2v) is 5.84. The largest absolute Gasteiger partial charge is 0.312 e. The molecule has 1 N–H and O–H groups in total. The molecule has 1 aromatic carbocycles. The van der Waals surface area contributed by atoms with Crippen molar-refractivity contribution in [2.75, 3.05) is 6.54 Å². The van der Waals surface area contributed by atoms with Crippen molar-refractivity contribution in [1.82, 2.24) is 5.32 Å². The number of benzene rings is 1. The third-order valence-electron chi connectivity index (χ3n) is 4.04. The third-order valence-corrected chi connectivity index (χ3v) is 4.04. The van der Waals surface area contributed by atoms with Crippen molar-refractivity contribution in [3.05, 3.63) is 39.4 Å². The molecule has 0 aliphatic heterocycles. The molecule has 1 aliphatic carbocycles. The van der Waals surface area contributed by atoms with E-state index in [4.69, 9.17) is 0 Å². The summed E-state index contributed by atoms with van der Waals surface area (Å²) < 4.78 is 0. The SMILES string of the molecule is Cc1c(CNCC2CC2(C)C)cccc1[N+](=O)[O-]. The molecule has 2 rings (SSSR count). The minimum absolute atomic E-state index is 0.209. The van der Waals surface area contributed by atoms with Gasteiger partial charge in [0.2, 0.25) is 0 Å². The highest BCUT2D eigenvalue weighted by atomic mass is 16.6. The fourth-order valence-electron chi connectivity index (χ4n) is 2.36. The molecule has 0 radical (unpaired) electrons. The van der Waals surface area contributed by atoms with Crippen molar-refractivity contribution < 1.29 is 4.92 Å². The lowest BCUT2D eigenvalue weighted by atomic mass is 10.1. The Bertz CT molecular complexity index is 469. The van der Waals surface area contributed by atoms with E-state index in [1.807, 2.05) is 13.0 Å². The highest BCUT2D eigenvalue weighted by Crippen LogP contribution is 2.50. The molecule has 0 aromatic heterocycles. The van der Waals surface area contributed by atoms with Gasteiger partial charge in [-0.1, -0.05) is 26.0 Å². The van der Waals surface area contributed by atoms with Crippen LogP contribution in [0.5, 0.6) is 0 Å². The standard InChI is InChI=1S/C14H20N2O2/c1-10-11(5-4-6-13(10)16(17)18)8-15-9-12-7-14(12,2)3/h4-6,12,15H,7-9H2,1-3H3. The molecular weight excluding hydrogens is 228 g/mol. The van der Waals surface area contributed by atoms with Crippen molar-refractivity contribution in [2.45, 2.75) is 33.7 Å². The zero-order valence-electron chi connectivity index (χ0n) is 11.2. The minimum atomic E-state index is -0.317. The quantitative estimate of drug-likeness (QED) is 0.643. The average molecular weight is 248 g/mol. The summed E-state index contributed by atoms with van der Waals surface area (Å²) >= 11 is 0. The van der Waals surface area contributed by atoms with Crippen LogP contribution in [-0.4, -0.2) is 11.5 Å². The first-order valence-corrected chi connectivity index (χ1v) is 6.35. The fourth-order valence-corrected chi connectivity index (χ4v) is 2.36. The Morgan fingerprint density at radius 2 is 2.17 bits per heavy atom. The van der Waals surface area contributed by atoms with Crippen molar-refractivity contribution in [3.63, 3.8) is 0 Å². The first-order valence-electron chi connectivity index (χ1n) is 6.35. The van der Waals surface area contributed by atoms with Crippen LogP contribution in [0.4, 0.5) is 5.69 Å². The Hall–Kier alpha value is -1.42. The normalized spacial score (nSPS) is 20.7. The third kappa shape index (κ3) is 2.70. The Balaban J connectivity index is 1.93. The zero-order valence-corrected chi connectivity index (χ0v) is 11.2. The van der Waals surface area contributed by atoms with Crippen LogP contribution in [0.3, 0.4) is 0 Å². The maximum atomic E-state index is 10.8. The van der Waals surface area contributed by atoms with Gasteiger partial charge in [-0.05, 0) is 36.8 Å². The summed E-state index contributed by atoms with van der Waals surface area (Å²) in [6, 6.07) is 5.26. The van der Waals surface area contributed by atoms with Gasteiger partial charge in [-0.25, -0.2) is 0 Å². The van der Waals surface area contributed by atoms with Gasteiger partial charge < -0.3 is 5.32 Å². The first kappa shape index (κ1) is 13.0. The Kier molecular flexibility index (Phi) is 3.39. The molecule has 0 saturated heterocycles. The van der Waals surface area contributed by atoms with E-state index >= 15 is 0 Å². The summed E-state index contributed by atoms with van der Waals surface area (Å²) in [5.74, 6) is 0.747. The smallest absolute Gasteiger partial charge is 0.272 e. The van der Waals surface area contributed by atoms with Crippen LogP contribution in [0.2, 0.25) is 0 Å². The number of rotatable bonds is 5. The van der Waals surface area contributed by atoms with Crippen LogP contribution in [-0.2, 0) is 6.54 Å². The predicted molar refractivity (Wildman–Crippen MR) is 71.4 cm³/mol. The van der Waals surface area contributed by atoms with Gasteiger partial charge >= 0.3 is 0 Å². The van der Waals surface area contributed by atoms with Gasteiger partial charge in [0.25, 0.3) is 5.69 Å². The molecule has 98 valence electrons. The van der Waals surface area contributed by atoms with E-state index in [0.717, 1.165) is 23.6 Å². The van der Waals surface area contributed by atoms with E-state index in [9.17, 15) is 10.1 Å². The second kappa shape index (κ2) is 4.69. The van der Waals surface area contributed by atoms with Crippen LogP contribution >= 0.6 is 0 Å². The van der Waals surface area contributed by atoms with Gasteiger partial charge in [0, 0.05) is 18.2 Å².